The fourth-order valence-electron chi connectivity index (χ4n) is 1.93. The van der Waals surface area contributed by atoms with Gasteiger partial charge in [-0.1, -0.05) is 11.6 Å². The van der Waals surface area contributed by atoms with Crippen LogP contribution < -0.4 is 11.1 Å². The summed E-state index contributed by atoms with van der Waals surface area (Å²) in [4.78, 5) is 11.9. The summed E-state index contributed by atoms with van der Waals surface area (Å²) in [6.45, 7) is 2.24. The van der Waals surface area contributed by atoms with Gasteiger partial charge in [-0.15, -0.1) is 0 Å². The molecule has 1 aromatic carbocycles. The SMILES string of the molecule is Cc1ccc(F)c(C(=O)NC(CN)C2CC2)c1. The molecule has 0 radical (unpaired) electrons. The normalized spacial score (nSPS) is 16.6. The molecule has 0 saturated heterocycles. The molecule has 1 fully saturated rings. The van der Waals surface area contributed by atoms with Crippen LogP contribution in [0, 0.1) is 18.7 Å². The lowest BCUT2D eigenvalue weighted by Gasteiger charge is -2.16. The van der Waals surface area contributed by atoms with Crippen molar-refractivity contribution in [2.24, 2.45) is 11.7 Å². The Bertz CT molecular complexity index is 429. The molecule has 1 aliphatic rings. The molecule has 1 saturated carbocycles. The average Bonchev–Trinajstić information content (AvgIpc) is 3.13. The van der Waals surface area contributed by atoms with Crippen LogP contribution in [-0.4, -0.2) is 18.5 Å². The van der Waals surface area contributed by atoms with Crippen molar-refractivity contribution >= 4 is 5.91 Å². The van der Waals surface area contributed by atoms with Crippen molar-refractivity contribution in [2.75, 3.05) is 6.54 Å². The van der Waals surface area contributed by atoms with Crippen LogP contribution in [0.2, 0.25) is 0 Å². The molecule has 0 aromatic heterocycles. The second-order valence-corrected chi connectivity index (χ2v) is 4.64. The lowest BCUT2D eigenvalue weighted by atomic mass is 10.1. The van der Waals surface area contributed by atoms with E-state index in [1.54, 1.807) is 12.1 Å². The first-order chi connectivity index (χ1) is 8.11. The van der Waals surface area contributed by atoms with Crippen molar-refractivity contribution in [2.45, 2.75) is 25.8 Å². The Kier molecular flexibility index (Phi) is 3.43. The monoisotopic (exact) mass is 236 g/mol. The van der Waals surface area contributed by atoms with Gasteiger partial charge in [0.15, 0.2) is 0 Å². The average molecular weight is 236 g/mol. The van der Waals surface area contributed by atoms with E-state index >= 15 is 0 Å². The number of hydrogen-bond acceptors (Lipinski definition) is 2. The second-order valence-electron chi connectivity index (χ2n) is 4.64. The van der Waals surface area contributed by atoms with E-state index in [1.165, 1.54) is 6.07 Å². The van der Waals surface area contributed by atoms with E-state index in [0.29, 0.717) is 12.5 Å². The molecule has 0 bridgehead atoms. The van der Waals surface area contributed by atoms with Crippen LogP contribution in [0.15, 0.2) is 18.2 Å². The van der Waals surface area contributed by atoms with Crippen molar-refractivity contribution in [3.63, 3.8) is 0 Å². The van der Waals surface area contributed by atoms with Gasteiger partial charge in [0.2, 0.25) is 0 Å². The van der Waals surface area contributed by atoms with E-state index in [1.807, 2.05) is 6.92 Å². The summed E-state index contributed by atoms with van der Waals surface area (Å²) in [6, 6.07) is 4.50. The number of nitrogens with one attached hydrogen (secondary N) is 1. The van der Waals surface area contributed by atoms with Crippen LogP contribution in [0.3, 0.4) is 0 Å². The summed E-state index contributed by atoms with van der Waals surface area (Å²) < 4.78 is 13.5. The number of aryl methyl sites for hydroxylation is 1. The van der Waals surface area contributed by atoms with Crippen molar-refractivity contribution in [1.82, 2.24) is 5.32 Å². The van der Waals surface area contributed by atoms with Gasteiger partial charge in [-0.05, 0) is 37.8 Å². The molecule has 0 aliphatic heterocycles. The number of carbonyl (C=O) groups is 1. The van der Waals surface area contributed by atoms with Crippen molar-refractivity contribution in [1.29, 1.82) is 0 Å². The molecule has 4 heteroatoms. The zero-order chi connectivity index (χ0) is 12.4. The van der Waals surface area contributed by atoms with Gasteiger partial charge in [0.1, 0.15) is 5.82 Å². The fourth-order valence-corrected chi connectivity index (χ4v) is 1.93. The van der Waals surface area contributed by atoms with Crippen LogP contribution in [-0.2, 0) is 0 Å². The molecule has 0 heterocycles. The van der Waals surface area contributed by atoms with E-state index in [4.69, 9.17) is 5.73 Å². The quantitative estimate of drug-likeness (QED) is 0.834. The van der Waals surface area contributed by atoms with E-state index in [-0.39, 0.29) is 17.5 Å². The number of benzene rings is 1. The number of carbonyl (C=O) groups excluding carboxylic acids is 1. The molecule has 3 N–H and O–H groups in total. The minimum atomic E-state index is -0.486. The number of halogens is 1. The molecule has 1 aliphatic carbocycles. The first kappa shape index (κ1) is 12.0. The lowest BCUT2D eigenvalue weighted by molar-refractivity contribution is 0.0929. The Labute approximate surface area is 100 Å². The Morgan fingerprint density at radius 2 is 2.29 bits per heavy atom. The molecular formula is C13H17FN2O. The van der Waals surface area contributed by atoms with E-state index in [9.17, 15) is 9.18 Å². The van der Waals surface area contributed by atoms with E-state index < -0.39 is 5.82 Å². The summed E-state index contributed by atoms with van der Waals surface area (Å²) in [5.41, 5.74) is 6.57. The first-order valence-corrected chi connectivity index (χ1v) is 5.89. The minimum absolute atomic E-state index is 0.0255. The Hall–Kier alpha value is -1.42. The van der Waals surface area contributed by atoms with Gasteiger partial charge in [0, 0.05) is 12.6 Å². The highest BCUT2D eigenvalue weighted by Crippen LogP contribution is 2.32. The zero-order valence-corrected chi connectivity index (χ0v) is 9.87. The highest BCUT2D eigenvalue weighted by Gasteiger charge is 2.31. The first-order valence-electron chi connectivity index (χ1n) is 5.89. The lowest BCUT2D eigenvalue weighted by Crippen LogP contribution is -2.42. The largest absolute Gasteiger partial charge is 0.348 e. The van der Waals surface area contributed by atoms with Crippen LogP contribution in [0.5, 0.6) is 0 Å². The highest BCUT2D eigenvalue weighted by atomic mass is 19.1. The minimum Gasteiger partial charge on any atom is -0.348 e. The fraction of sp³-hybridized carbons (Fsp3) is 0.462. The molecule has 17 heavy (non-hydrogen) atoms. The molecular weight excluding hydrogens is 219 g/mol. The van der Waals surface area contributed by atoms with Crippen LogP contribution in [0.25, 0.3) is 0 Å². The van der Waals surface area contributed by atoms with Gasteiger partial charge in [-0.2, -0.15) is 0 Å². The maximum atomic E-state index is 13.5. The third-order valence-electron chi connectivity index (χ3n) is 3.13. The maximum absolute atomic E-state index is 13.5. The maximum Gasteiger partial charge on any atom is 0.254 e. The number of rotatable bonds is 4. The molecule has 2 rings (SSSR count). The molecule has 1 atom stereocenters. The molecule has 3 nitrogen and oxygen atoms in total. The predicted octanol–water partition coefficient (Wildman–Crippen LogP) is 1.60. The van der Waals surface area contributed by atoms with E-state index in [0.717, 1.165) is 18.4 Å². The smallest absolute Gasteiger partial charge is 0.254 e. The highest BCUT2D eigenvalue weighted by molar-refractivity contribution is 5.94. The van der Waals surface area contributed by atoms with Crippen LogP contribution >= 0.6 is 0 Å². The van der Waals surface area contributed by atoms with Gasteiger partial charge in [0.05, 0.1) is 5.56 Å². The summed E-state index contributed by atoms with van der Waals surface area (Å²) in [5.74, 6) is -0.384. The summed E-state index contributed by atoms with van der Waals surface area (Å²) in [6.07, 6.45) is 2.19. The third kappa shape index (κ3) is 2.82. The second kappa shape index (κ2) is 4.84. The topological polar surface area (TPSA) is 55.1 Å². The summed E-state index contributed by atoms with van der Waals surface area (Å²) in [7, 11) is 0. The molecule has 92 valence electrons. The Morgan fingerprint density at radius 1 is 1.59 bits per heavy atom. The van der Waals surface area contributed by atoms with Gasteiger partial charge >= 0.3 is 0 Å². The third-order valence-corrected chi connectivity index (χ3v) is 3.13. The predicted molar refractivity (Wildman–Crippen MR) is 64.2 cm³/mol. The van der Waals surface area contributed by atoms with Crippen LogP contribution in [0.1, 0.15) is 28.8 Å². The zero-order valence-electron chi connectivity index (χ0n) is 9.87. The van der Waals surface area contributed by atoms with Crippen molar-refractivity contribution < 1.29 is 9.18 Å². The standard InChI is InChI=1S/C13H17FN2O/c1-8-2-5-11(14)10(6-8)13(17)16-12(7-15)9-3-4-9/h2,5-6,9,12H,3-4,7,15H2,1H3,(H,16,17). The van der Waals surface area contributed by atoms with Gasteiger partial charge in [-0.25, -0.2) is 4.39 Å². The van der Waals surface area contributed by atoms with Crippen LogP contribution in [0.4, 0.5) is 4.39 Å². The van der Waals surface area contributed by atoms with Gasteiger partial charge < -0.3 is 11.1 Å². The number of amides is 1. The number of nitrogens with two attached hydrogens (primary N) is 1. The van der Waals surface area contributed by atoms with Crippen molar-refractivity contribution in [3.8, 4) is 0 Å². The molecule has 0 spiro atoms. The number of hydrogen-bond donors (Lipinski definition) is 2. The Morgan fingerprint density at radius 3 is 2.88 bits per heavy atom. The van der Waals surface area contributed by atoms with Gasteiger partial charge in [0.25, 0.3) is 5.91 Å². The summed E-state index contributed by atoms with van der Waals surface area (Å²) >= 11 is 0. The van der Waals surface area contributed by atoms with Gasteiger partial charge in [-0.3, -0.25) is 4.79 Å². The molecule has 1 aromatic rings. The van der Waals surface area contributed by atoms with E-state index in [2.05, 4.69) is 5.32 Å². The molecule has 1 amide bonds. The molecule has 1 unspecified atom stereocenters. The summed E-state index contributed by atoms with van der Waals surface area (Å²) in [5, 5.41) is 2.81. The van der Waals surface area contributed by atoms with Crippen molar-refractivity contribution in [3.05, 3.63) is 35.1 Å². The Balaban J connectivity index is 2.10.